The van der Waals surface area contributed by atoms with Crippen LogP contribution in [0.1, 0.15) is 84.0 Å². The number of rotatable bonds is 17. The molecule has 5 nitrogen and oxygen atoms in total. The van der Waals surface area contributed by atoms with Gasteiger partial charge in [0, 0.05) is 5.92 Å². The monoisotopic (exact) mass is 345 g/mol. The van der Waals surface area contributed by atoms with Crippen molar-refractivity contribution in [3.05, 3.63) is 0 Å². The molecule has 0 aliphatic carbocycles. The fourth-order valence-electron chi connectivity index (χ4n) is 2.98. The molecule has 0 aromatic heterocycles. The topological polar surface area (TPSA) is 104 Å². The second-order valence-electron chi connectivity index (χ2n) is 7.01. The van der Waals surface area contributed by atoms with Crippen LogP contribution in [0, 0.1) is 5.92 Å². The molecule has 0 spiro atoms. The summed E-state index contributed by atoms with van der Waals surface area (Å²) in [5, 5.41) is 28.5. The largest absolute Gasteiger partial charge is 0.395 e. The number of unbranched alkanes of at least 4 members (excludes halogenated alkanes) is 9. The van der Waals surface area contributed by atoms with Gasteiger partial charge >= 0.3 is 0 Å². The van der Waals surface area contributed by atoms with Crippen LogP contribution >= 0.6 is 0 Å². The fraction of sp³-hybridized carbons (Fsp3) is 0.947. The molecule has 0 aromatic rings. The van der Waals surface area contributed by atoms with E-state index in [-0.39, 0.29) is 18.9 Å². The highest BCUT2D eigenvalue weighted by molar-refractivity contribution is 5.53. The molecule has 5 heteroatoms. The quantitative estimate of drug-likeness (QED) is 0.240. The maximum atomic E-state index is 11.1. The Morgan fingerprint density at radius 2 is 1.42 bits per heavy atom. The maximum Gasteiger partial charge on any atom is 0.123 e. The summed E-state index contributed by atoms with van der Waals surface area (Å²) in [6, 6.07) is -0.871. The van der Waals surface area contributed by atoms with Crippen molar-refractivity contribution < 1.29 is 20.1 Å². The number of hydrogen-bond acceptors (Lipinski definition) is 5. The fourth-order valence-corrected chi connectivity index (χ4v) is 2.98. The molecule has 0 amide bonds. The van der Waals surface area contributed by atoms with E-state index in [0.29, 0.717) is 0 Å². The number of carbonyl (C=O) groups is 1. The molecule has 0 aromatic carbocycles. The van der Waals surface area contributed by atoms with Crippen LogP contribution in [0.2, 0.25) is 0 Å². The molecule has 0 aliphatic rings. The van der Waals surface area contributed by atoms with Gasteiger partial charge in [0.1, 0.15) is 6.29 Å². The first kappa shape index (κ1) is 23.5. The molecule has 4 atom stereocenters. The summed E-state index contributed by atoms with van der Waals surface area (Å²) >= 11 is 0. The van der Waals surface area contributed by atoms with Crippen LogP contribution in [-0.2, 0) is 4.79 Å². The molecule has 144 valence electrons. The van der Waals surface area contributed by atoms with Crippen molar-refractivity contribution in [1.29, 1.82) is 0 Å². The molecule has 0 saturated heterocycles. The highest BCUT2D eigenvalue weighted by atomic mass is 16.3. The highest BCUT2D eigenvalue weighted by Crippen LogP contribution is 2.18. The van der Waals surface area contributed by atoms with Gasteiger partial charge < -0.3 is 25.8 Å². The van der Waals surface area contributed by atoms with E-state index >= 15 is 0 Å². The van der Waals surface area contributed by atoms with Crippen molar-refractivity contribution in [3.63, 3.8) is 0 Å². The van der Waals surface area contributed by atoms with Crippen LogP contribution in [0.5, 0.6) is 0 Å². The van der Waals surface area contributed by atoms with Crippen molar-refractivity contribution in [2.24, 2.45) is 11.7 Å². The van der Waals surface area contributed by atoms with Crippen molar-refractivity contribution >= 4 is 6.29 Å². The minimum Gasteiger partial charge on any atom is -0.395 e. The molecule has 0 bridgehead atoms. The van der Waals surface area contributed by atoms with Gasteiger partial charge in [-0.3, -0.25) is 0 Å². The Kier molecular flexibility index (Phi) is 15.7. The average Bonchev–Trinajstić information content (AvgIpc) is 2.60. The lowest BCUT2D eigenvalue weighted by atomic mass is 9.92. The summed E-state index contributed by atoms with van der Waals surface area (Å²) in [5.41, 5.74) is 5.49. The molecule has 0 rings (SSSR count). The van der Waals surface area contributed by atoms with E-state index < -0.39 is 18.2 Å². The van der Waals surface area contributed by atoms with E-state index in [4.69, 9.17) is 10.8 Å². The third-order valence-corrected chi connectivity index (χ3v) is 4.71. The highest BCUT2D eigenvalue weighted by Gasteiger charge is 2.25. The molecular formula is C19H39NO4. The normalized spacial score (nSPS) is 16.5. The van der Waals surface area contributed by atoms with Gasteiger partial charge in [0.05, 0.1) is 24.9 Å². The van der Waals surface area contributed by atoms with Crippen molar-refractivity contribution in [1.82, 2.24) is 0 Å². The Bertz CT molecular complexity index is 289. The van der Waals surface area contributed by atoms with Crippen LogP contribution in [0.25, 0.3) is 0 Å². The molecule has 5 N–H and O–H groups in total. The van der Waals surface area contributed by atoms with E-state index in [2.05, 4.69) is 6.92 Å². The van der Waals surface area contributed by atoms with Gasteiger partial charge in [0.25, 0.3) is 0 Å². The number of aliphatic hydroxyl groups is 3. The van der Waals surface area contributed by atoms with Crippen LogP contribution in [0.3, 0.4) is 0 Å². The number of aliphatic hydroxyl groups excluding tert-OH is 3. The van der Waals surface area contributed by atoms with E-state index in [9.17, 15) is 15.0 Å². The molecule has 2 unspecified atom stereocenters. The van der Waals surface area contributed by atoms with E-state index in [1.807, 2.05) is 0 Å². The summed E-state index contributed by atoms with van der Waals surface area (Å²) in [7, 11) is 0. The molecule has 24 heavy (non-hydrogen) atoms. The summed E-state index contributed by atoms with van der Waals surface area (Å²) < 4.78 is 0. The lowest BCUT2D eigenvalue weighted by Gasteiger charge is -2.24. The van der Waals surface area contributed by atoms with Crippen molar-refractivity contribution in [2.75, 3.05) is 6.61 Å². The lowest BCUT2D eigenvalue weighted by molar-refractivity contribution is -0.113. The van der Waals surface area contributed by atoms with E-state index in [1.54, 1.807) is 0 Å². The molecule has 0 fully saturated rings. The van der Waals surface area contributed by atoms with Crippen molar-refractivity contribution in [3.8, 4) is 0 Å². The third kappa shape index (κ3) is 12.0. The smallest absolute Gasteiger partial charge is 0.123 e. The zero-order valence-electron chi connectivity index (χ0n) is 15.4. The maximum absolute atomic E-state index is 11.1. The SMILES string of the molecule is CCCCCCCCCCCCC(C=O)CC(O)[C@@H](O)[C@@H](N)CO. The van der Waals surface area contributed by atoms with Gasteiger partial charge in [-0.05, 0) is 12.8 Å². The van der Waals surface area contributed by atoms with Crippen LogP contribution < -0.4 is 5.73 Å². The molecule has 0 heterocycles. The van der Waals surface area contributed by atoms with Gasteiger partial charge in [-0.15, -0.1) is 0 Å². The standard InChI is InChI=1S/C19H39NO4/c1-2-3-4-5-6-7-8-9-10-11-12-16(14-21)13-18(23)19(24)17(20)15-22/h14,16-19,22-24H,2-13,15,20H2,1H3/t16?,17-,18?,19-/m0/s1. The zero-order valence-corrected chi connectivity index (χ0v) is 15.4. The van der Waals surface area contributed by atoms with E-state index in [0.717, 1.165) is 25.5 Å². The summed E-state index contributed by atoms with van der Waals surface area (Å²) in [5.74, 6) is -0.255. The third-order valence-electron chi connectivity index (χ3n) is 4.71. The molecule has 0 aliphatic heterocycles. The number of carbonyl (C=O) groups excluding carboxylic acids is 1. The summed E-state index contributed by atoms with van der Waals surface area (Å²) in [6.45, 7) is 1.84. The van der Waals surface area contributed by atoms with Gasteiger partial charge in [-0.1, -0.05) is 71.1 Å². The van der Waals surface area contributed by atoms with Crippen molar-refractivity contribution in [2.45, 2.75) is 102 Å². The second kappa shape index (κ2) is 16.0. The first-order valence-corrected chi connectivity index (χ1v) is 9.74. The number of aldehydes is 1. The Balaban J connectivity index is 3.67. The Morgan fingerprint density at radius 3 is 1.88 bits per heavy atom. The number of hydrogen-bond donors (Lipinski definition) is 4. The predicted molar refractivity (Wildman–Crippen MR) is 97.7 cm³/mol. The van der Waals surface area contributed by atoms with Crippen LogP contribution in [0.4, 0.5) is 0 Å². The lowest BCUT2D eigenvalue weighted by Crippen LogP contribution is -2.46. The first-order valence-electron chi connectivity index (χ1n) is 9.74. The average molecular weight is 346 g/mol. The van der Waals surface area contributed by atoms with Crippen LogP contribution in [-0.4, -0.2) is 46.5 Å². The summed E-state index contributed by atoms with van der Waals surface area (Å²) in [4.78, 5) is 11.1. The Hall–Kier alpha value is -0.490. The second-order valence-corrected chi connectivity index (χ2v) is 7.01. The summed E-state index contributed by atoms with van der Waals surface area (Å²) in [6.07, 6.45) is 12.0. The Labute approximate surface area is 147 Å². The molecule has 0 radical (unpaired) electrons. The molecular weight excluding hydrogens is 306 g/mol. The van der Waals surface area contributed by atoms with Gasteiger partial charge in [0.2, 0.25) is 0 Å². The Morgan fingerprint density at radius 1 is 0.917 bits per heavy atom. The molecule has 0 saturated carbocycles. The minimum atomic E-state index is -1.19. The minimum absolute atomic E-state index is 0.204. The zero-order chi connectivity index (χ0) is 18.2. The predicted octanol–water partition coefficient (Wildman–Crippen LogP) is 2.54. The number of nitrogens with two attached hydrogens (primary N) is 1. The van der Waals surface area contributed by atoms with Gasteiger partial charge in [0.15, 0.2) is 0 Å². The van der Waals surface area contributed by atoms with E-state index in [1.165, 1.54) is 51.4 Å². The van der Waals surface area contributed by atoms with Crippen LogP contribution in [0.15, 0.2) is 0 Å². The first-order chi connectivity index (χ1) is 11.6. The van der Waals surface area contributed by atoms with Gasteiger partial charge in [-0.2, -0.15) is 0 Å². The van der Waals surface area contributed by atoms with Gasteiger partial charge in [-0.25, -0.2) is 0 Å².